The molecule has 0 N–H and O–H groups in total. The lowest BCUT2D eigenvalue weighted by Crippen LogP contribution is -2.22. The van der Waals surface area contributed by atoms with Crippen molar-refractivity contribution in [1.29, 1.82) is 0 Å². The van der Waals surface area contributed by atoms with Crippen LogP contribution in [0.5, 0.6) is 5.75 Å². The SMILES string of the molecule is CCCCC[SiH]1CCC(CCC2CCC(c3ccc(-c4ccc(OC(F)F)cc4)cc3)CC2)CC1. The van der Waals surface area contributed by atoms with Crippen LogP contribution < -0.4 is 4.74 Å². The maximum Gasteiger partial charge on any atom is 0.387 e. The number of hydrogen-bond donors (Lipinski definition) is 0. The Balaban J connectivity index is 1.17. The number of halogens is 2. The van der Waals surface area contributed by atoms with E-state index in [-0.39, 0.29) is 14.5 Å². The van der Waals surface area contributed by atoms with Crippen molar-refractivity contribution in [3.8, 4) is 16.9 Å². The maximum absolute atomic E-state index is 12.4. The van der Waals surface area contributed by atoms with Gasteiger partial charge in [-0.25, -0.2) is 0 Å². The van der Waals surface area contributed by atoms with Gasteiger partial charge < -0.3 is 4.74 Å². The third-order valence-corrected chi connectivity index (χ3v) is 12.3. The molecule has 35 heavy (non-hydrogen) atoms. The molecule has 2 aromatic rings. The second-order valence-corrected chi connectivity index (χ2v) is 14.7. The minimum atomic E-state index is -2.78. The van der Waals surface area contributed by atoms with Gasteiger partial charge in [0.05, 0.1) is 0 Å². The Bertz CT molecular complexity index is 851. The topological polar surface area (TPSA) is 9.23 Å². The Morgan fingerprint density at radius 3 is 1.91 bits per heavy atom. The molecule has 4 heteroatoms. The minimum Gasteiger partial charge on any atom is -0.435 e. The fourth-order valence-corrected chi connectivity index (χ4v) is 10.1. The van der Waals surface area contributed by atoms with Gasteiger partial charge in [-0.05, 0) is 72.3 Å². The van der Waals surface area contributed by atoms with Gasteiger partial charge in [0.2, 0.25) is 0 Å². The van der Waals surface area contributed by atoms with Gasteiger partial charge in [0.1, 0.15) is 5.75 Å². The molecule has 0 aromatic heterocycles. The average molecular weight is 499 g/mol. The molecule has 0 bridgehead atoms. The predicted molar refractivity (Wildman–Crippen MR) is 146 cm³/mol. The highest BCUT2D eigenvalue weighted by Crippen LogP contribution is 2.40. The Hall–Kier alpha value is -1.68. The second kappa shape index (κ2) is 13.6. The van der Waals surface area contributed by atoms with Crippen LogP contribution in [0.4, 0.5) is 8.78 Å². The van der Waals surface area contributed by atoms with E-state index in [4.69, 9.17) is 0 Å². The fraction of sp³-hybridized carbons (Fsp3) is 0.613. The zero-order chi connectivity index (χ0) is 24.5. The van der Waals surface area contributed by atoms with Gasteiger partial charge in [0.15, 0.2) is 0 Å². The molecular formula is C31H44F2OSi. The number of benzene rings is 2. The highest BCUT2D eigenvalue weighted by molar-refractivity contribution is 6.58. The molecule has 0 spiro atoms. The van der Waals surface area contributed by atoms with E-state index in [1.54, 1.807) is 43.1 Å². The lowest BCUT2D eigenvalue weighted by Gasteiger charge is -2.32. The lowest BCUT2D eigenvalue weighted by molar-refractivity contribution is -0.0498. The van der Waals surface area contributed by atoms with E-state index in [1.165, 1.54) is 63.4 Å². The summed E-state index contributed by atoms with van der Waals surface area (Å²) in [4.78, 5) is 0. The van der Waals surface area contributed by atoms with Crippen LogP contribution in [0.1, 0.15) is 89.0 Å². The van der Waals surface area contributed by atoms with Gasteiger partial charge in [-0.2, -0.15) is 8.78 Å². The lowest BCUT2D eigenvalue weighted by atomic mass is 9.76. The highest BCUT2D eigenvalue weighted by Gasteiger charge is 2.25. The van der Waals surface area contributed by atoms with Crippen molar-refractivity contribution >= 4 is 8.80 Å². The van der Waals surface area contributed by atoms with E-state index >= 15 is 0 Å². The molecule has 0 amide bonds. The Morgan fingerprint density at radius 2 is 1.34 bits per heavy atom. The van der Waals surface area contributed by atoms with Crippen LogP contribution >= 0.6 is 0 Å². The highest BCUT2D eigenvalue weighted by atomic mass is 28.3. The summed E-state index contributed by atoms with van der Waals surface area (Å²) in [5, 5.41) is 0. The maximum atomic E-state index is 12.4. The van der Waals surface area contributed by atoms with E-state index in [0.29, 0.717) is 5.92 Å². The van der Waals surface area contributed by atoms with Crippen molar-refractivity contribution in [2.24, 2.45) is 11.8 Å². The minimum absolute atomic E-state index is 0.203. The van der Waals surface area contributed by atoms with Gasteiger partial charge in [-0.1, -0.05) is 106 Å². The van der Waals surface area contributed by atoms with Crippen LogP contribution in [-0.2, 0) is 0 Å². The van der Waals surface area contributed by atoms with Gasteiger partial charge in [-0.15, -0.1) is 0 Å². The molecule has 0 unspecified atom stereocenters. The smallest absolute Gasteiger partial charge is 0.387 e. The number of alkyl halides is 2. The number of ether oxygens (including phenoxy) is 1. The Labute approximate surface area is 213 Å². The van der Waals surface area contributed by atoms with Crippen molar-refractivity contribution in [2.75, 3.05) is 0 Å². The summed E-state index contributed by atoms with van der Waals surface area (Å²) in [5.74, 6) is 2.87. The van der Waals surface area contributed by atoms with Crippen LogP contribution in [0.25, 0.3) is 11.1 Å². The number of unbranched alkanes of at least 4 members (excludes halogenated alkanes) is 2. The molecule has 2 aromatic carbocycles. The van der Waals surface area contributed by atoms with Crippen molar-refractivity contribution in [2.45, 2.75) is 108 Å². The van der Waals surface area contributed by atoms with Crippen LogP contribution in [0, 0.1) is 11.8 Å². The van der Waals surface area contributed by atoms with Crippen LogP contribution in [0.2, 0.25) is 18.1 Å². The van der Waals surface area contributed by atoms with E-state index < -0.39 is 6.61 Å². The van der Waals surface area contributed by atoms with Gasteiger partial charge in [0, 0.05) is 8.80 Å². The van der Waals surface area contributed by atoms with Crippen molar-refractivity contribution < 1.29 is 13.5 Å². The summed E-state index contributed by atoms with van der Waals surface area (Å²) in [6, 6.07) is 20.7. The van der Waals surface area contributed by atoms with E-state index in [0.717, 1.165) is 23.0 Å². The molecule has 2 aliphatic rings. The summed E-state index contributed by atoms with van der Waals surface area (Å²) in [5.41, 5.74) is 3.60. The van der Waals surface area contributed by atoms with Crippen molar-refractivity contribution in [3.05, 3.63) is 54.1 Å². The number of rotatable bonds is 11. The van der Waals surface area contributed by atoms with Crippen LogP contribution in [-0.4, -0.2) is 15.4 Å². The molecule has 1 saturated heterocycles. The van der Waals surface area contributed by atoms with Crippen LogP contribution in [0.15, 0.2) is 48.5 Å². The summed E-state index contributed by atoms with van der Waals surface area (Å²) in [6.07, 6.45) is 15.8. The summed E-state index contributed by atoms with van der Waals surface area (Å²) in [7, 11) is -0.363. The molecule has 0 atom stereocenters. The molecule has 0 radical (unpaired) electrons. The molecule has 192 valence electrons. The first-order valence-corrected chi connectivity index (χ1v) is 16.7. The molecule has 2 fully saturated rings. The normalized spacial score (nSPS) is 25.0. The standard InChI is InChI=1S/C31H44F2OSi/c1-2-3-4-21-35-22-19-25(20-23-35)6-5-24-7-9-26(10-8-24)27-11-13-28(14-12-27)29-15-17-30(18-16-29)34-31(32)33/h11-18,24-26,31,35H,2-10,19-23H2,1H3. The monoisotopic (exact) mass is 498 g/mol. The largest absolute Gasteiger partial charge is 0.435 e. The molecule has 1 aliphatic heterocycles. The van der Waals surface area contributed by atoms with Crippen molar-refractivity contribution in [3.63, 3.8) is 0 Å². The molecule has 1 nitrogen and oxygen atoms in total. The van der Waals surface area contributed by atoms with E-state index in [2.05, 4.69) is 35.9 Å². The molecule has 4 rings (SSSR count). The van der Waals surface area contributed by atoms with E-state index in [1.807, 2.05) is 12.1 Å². The van der Waals surface area contributed by atoms with Gasteiger partial charge in [0.25, 0.3) is 0 Å². The van der Waals surface area contributed by atoms with Gasteiger partial charge in [-0.3, -0.25) is 0 Å². The third-order valence-electron chi connectivity index (χ3n) is 8.81. The zero-order valence-corrected chi connectivity index (χ0v) is 22.7. The molecule has 1 heterocycles. The summed E-state index contributed by atoms with van der Waals surface area (Å²) in [6.45, 7) is -0.459. The summed E-state index contributed by atoms with van der Waals surface area (Å²) >= 11 is 0. The predicted octanol–water partition coefficient (Wildman–Crippen LogP) is 9.84. The molecule has 1 aliphatic carbocycles. The van der Waals surface area contributed by atoms with E-state index in [9.17, 15) is 8.78 Å². The first kappa shape index (κ1) is 26.4. The summed E-state index contributed by atoms with van der Waals surface area (Å²) < 4.78 is 29.2. The zero-order valence-electron chi connectivity index (χ0n) is 21.6. The van der Waals surface area contributed by atoms with Crippen molar-refractivity contribution in [1.82, 2.24) is 0 Å². The third kappa shape index (κ3) is 8.16. The fourth-order valence-electron chi connectivity index (χ4n) is 6.52. The Morgan fingerprint density at radius 1 is 0.771 bits per heavy atom. The number of hydrogen-bond acceptors (Lipinski definition) is 1. The van der Waals surface area contributed by atoms with Crippen LogP contribution in [0.3, 0.4) is 0 Å². The quantitative estimate of drug-likeness (QED) is 0.221. The average Bonchev–Trinajstić information content (AvgIpc) is 2.89. The molecule has 1 saturated carbocycles. The molecular weight excluding hydrogens is 454 g/mol. The Kier molecular flexibility index (Phi) is 10.2. The van der Waals surface area contributed by atoms with Gasteiger partial charge >= 0.3 is 6.61 Å². The first-order chi connectivity index (χ1) is 17.1. The first-order valence-electron chi connectivity index (χ1n) is 14.3. The second-order valence-electron chi connectivity index (χ2n) is 11.2.